The number of carbonyl (C=O) groups excluding carboxylic acids is 4. The van der Waals surface area contributed by atoms with Crippen molar-refractivity contribution in [2.75, 3.05) is 13.2 Å². The maximum atomic E-state index is 12.5. The predicted molar refractivity (Wildman–Crippen MR) is 142 cm³/mol. The number of amides is 1. The molecule has 0 bridgehead atoms. The van der Waals surface area contributed by atoms with Crippen LogP contribution in [0.2, 0.25) is 0 Å². The third-order valence-electron chi connectivity index (χ3n) is 5.15. The minimum Gasteiger partial charge on any atom is -0.464 e. The lowest BCUT2D eigenvalue weighted by Gasteiger charge is -2.14. The van der Waals surface area contributed by atoms with Gasteiger partial charge in [0.15, 0.2) is 0 Å². The lowest BCUT2D eigenvalue weighted by Crippen LogP contribution is -2.40. The summed E-state index contributed by atoms with van der Waals surface area (Å²) in [6.45, 7) is 6.81. The molecule has 0 heterocycles. The Hall–Kier alpha value is -4.73. The van der Waals surface area contributed by atoms with Crippen molar-refractivity contribution in [2.24, 2.45) is 5.73 Å². The van der Waals surface area contributed by atoms with Gasteiger partial charge in [0.2, 0.25) is 5.91 Å². The molecule has 0 fully saturated rings. The van der Waals surface area contributed by atoms with Gasteiger partial charge in [-0.25, -0.2) is 14.4 Å². The Kier molecular flexibility index (Phi) is 11.0. The van der Waals surface area contributed by atoms with Crippen LogP contribution in [-0.2, 0) is 23.9 Å². The van der Waals surface area contributed by atoms with E-state index < -0.39 is 29.9 Å². The van der Waals surface area contributed by atoms with Crippen molar-refractivity contribution in [1.82, 2.24) is 5.32 Å². The molecule has 0 aliphatic rings. The molecule has 2 rings (SSSR count). The number of esters is 3. The monoisotopic (exact) mass is 521 g/mol. The van der Waals surface area contributed by atoms with Gasteiger partial charge in [-0.1, -0.05) is 6.07 Å². The molecule has 0 aliphatic carbocycles. The smallest absolute Gasteiger partial charge is 0.343 e. The van der Waals surface area contributed by atoms with Gasteiger partial charge in [0.25, 0.3) is 0 Å². The molecule has 0 saturated heterocycles. The molecule has 2 aromatic carbocycles. The number of aryl methyl sites for hydroxylation is 1. The van der Waals surface area contributed by atoms with Gasteiger partial charge in [0.1, 0.15) is 17.6 Å². The normalized spacial score (nSPS) is 11.9. The van der Waals surface area contributed by atoms with E-state index in [1.54, 1.807) is 63.2 Å². The number of rotatable bonds is 11. The van der Waals surface area contributed by atoms with Crippen molar-refractivity contribution in [3.05, 3.63) is 82.4 Å². The summed E-state index contributed by atoms with van der Waals surface area (Å²) >= 11 is 0. The van der Waals surface area contributed by atoms with Crippen LogP contribution in [0.15, 0.2) is 60.2 Å². The molecule has 0 radical (unpaired) electrons. The fraction of sp³-hybridized carbons (Fsp3) is 0.250. The van der Waals surface area contributed by atoms with Crippen LogP contribution in [0.1, 0.15) is 47.8 Å². The second-order valence-corrected chi connectivity index (χ2v) is 8.04. The van der Waals surface area contributed by atoms with Crippen molar-refractivity contribution < 1.29 is 33.4 Å². The standard InChI is InChI=1S/C28H31N3O7/c1-5-36-26(33)18(4)16-23(28(35)37-6-2)31-24(32)14-11-19-7-8-21(15-17(19)3)27(34)38-22-12-9-20(10-13-22)25(29)30/h7-16,23H,5-6H2,1-4H3,(H3,29,30)(H,31,32)/b14-11+,18-16+. The summed E-state index contributed by atoms with van der Waals surface area (Å²) in [5.41, 5.74) is 7.76. The summed E-state index contributed by atoms with van der Waals surface area (Å²) in [5, 5.41) is 9.92. The van der Waals surface area contributed by atoms with Crippen LogP contribution in [0.25, 0.3) is 6.08 Å². The highest BCUT2D eigenvalue weighted by molar-refractivity contribution is 5.97. The topological polar surface area (TPSA) is 158 Å². The number of carbonyl (C=O) groups is 4. The van der Waals surface area contributed by atoms with Crippen LogP contribution in [0.5, 0.6) is 5.75 Å². The first kappa shape index (κ1) is 29.5. The zero-order chi connectivity index (χ0) is 28.2. The molecule has 200 valence electrons. The van der Waals surface area contributed by atoms with Crippen LogP contribution in [-0.4, -0.2) is 48.9 Å². The molecule has 0 saturated carbocycles. The number of nitrogens with one attached hydrogen (secondary N) is 2. The predicted octanol–water partition coefficient (Wildman–Crippen LogP) is 3.07. The van der Waals surface area contributed by atoms with Crippen molar-refractivity contribution >= 4 is 35.7 Å². The molecule has 0 aromatic heterocycles. The Morgan fingerprint density at radius 1 is 1.00 bits per heavy atom. The Morgan fingerprint density at radius 3 is 2.21 bits per heavy atom. The first-order valence-electron chi connectivity index (χ1n) is 11.8. The average molecular weight is 522 g/mol. The molecule has 0 spiro atoms. The zero-order valence-electron chi connectivity index (χ0n) is 21.7. The van der Waals surface area contributed by atoms with Crippen LogP contribution in [0.4, 0.5) is 0 Å². The molecular weight excluding hydrogens is 490 g/mol. The van der Waals surface area contributed by atoms with Crippen molar-refractivity contribution in [3.63, 3.8) is 0 Å². The second-order valence-electron chi connectivity index (χ2n) is 8.04. The lowest BCUT2D eigenvalue weighted by atomic mass is 10.0. The highest BCUT2D eigenvalue weighted by atomic mass is 16.5. The molecule has 10 heteroatoms. The van der Waals surface area contributed by atoms with Gasteiger partial charge >= 0.3 is 17.9 Å². The van der Waals surface area contributed by atoms with Crippen LogP contribution >= 0.6 is 0 Å². The first-order chi connectivity index (χ1) is 18.0. The number of hydrogen-bond donors (Lipinski definition) is 3. The number of amidine groups is 1. The summed E-state index contributed by atoms with van der Waals surface area (Å²) < 4.78 is 15.3. The van der Waals surface area contributed by atoms with E-state index in [1.165, 1.54) is 25.2 Å². The Morgan fingerprint density at radius 2 is 1.63 bits per heavy atom. The third-order valence-corrected chi connectivity index (χ3v) is 5.15. The molecule has 2 aromatic rings. The second kappa shape index (κ2) is 14.1. The van der Waals surface area contributed by atoms with Gasteiger partial charge in [0, 0.05) is 17.2 Å². The summed E-state index contributed by atoms with van der Waals surface area (Å²) in [6.07, 6.45) is 4.04. The molecule has 0 aliphatic heterocycles. The highest BCUT2D eigenvalue weighted by Gasteiger charge is 2.21. The first-order valence-corrected chi connectivity index (χ1v) is 11.8. The van der Waals surface area contributed by atoms with E-state index in [0.29, 0.717) is 28.0 Å². The van der Waals surface area contributed by atoms with Gasteiger partial charge in [0.05, 0.1) is 18.8 Å². The molecule has 1 unspecified atom stereocenters. The summed E-state index contributed by atoms with van der Waals surface area (Å²) in [5.74, 6) is -2.26. The summed E-state index contributed by atoms with van der Waals surface area (Å²) in [7, 11) is 0. The molecule has 1 amide bonds. The zero-order valence-corrected chi connectivity index (χ0v) is 21.7. The molecule has 38 heavy (non-hydrogen) atoms. The molecule has 10 nitrogen and oxygen atoms in total. The van der Waals surface area contributed by atoms with Crippen LogP contribution in [0.3, 0.4) is 0 Å². The summed E-state index contributed by atoms with van der Waals surface area (Å²) in [4.78, 5) is 49.2. The number of hydrogen-bond acceptors (Lipinski definition) is 8. The summed E-state index contributed by atoms with van der Waals surface area (Å²) in [6, 6.07) is 9.90. The quantitative estimate of drug-likeness (QED) is 0.134. The fourth-order valence-corrected chi connectivity index (χ4v) is 3.19. The van der Waals surface area contributed by atoms with E-state index >= 15 is 0 Å². The van der Waals surface area contributed by atoms with E-state index in [4.69, 9.17) is 25.4 Å². The number of nitrogens with two attached hydrogens (primary N) is 1. The lowest BCUT2D eigenvalue weighted by molar-refractivity contribution is -0.145. The van der Waals surface area contributed by atoms with E-state index in [9.17, 15) is 19.2 Å². The third kappa shape index (κ3) is 8.74. The Labute approximate surface area is 221 Å². The molecule has 4 N–H and O–H groups in total. The van der Waals surface area contributed by atoms with Gasteiger partial charge in [-0.05, 0) is 87.4 Å². The van der Waals surface area contributed by atoms with Crippen molar-refractivity contribution in [1.29, 1.82) is 5.41 Å². The minimum absolute atomic E-state index is 0.0875. The number of ether oxygens (including phenoxy) is 3. The minimum atomic E-state index is -1.18. The van der Waals surface area contributed by atoms with Gasteiger partial charge in [-0.15, -0.1) is 0 Å². The molecular formula is C28H31N3O7. The van der Waals surface area contributed by atoms with E-state index in [0.717, 1.165) is 0 Å². The maximum Gasteiger partial charge on any atom is 0.343 e. The number of nitrogen functional groups attached to an aromatic ring is 1. The van der Waals surface area contributed by atoms with E-state index in [2.05, 4.69) is 5.32 Å². The van der Waals surface area contributed by atoms with Gasteiger partial charge in [-0.2, -0.15) is 0 Å². The largest absolute Gasteiger partial charge is 0.464 e. The van der Waals surface area contributed by atoms with Gasteiger partial charge in [-0.3, -0.25) is 10.2 Å². The van der Waals surface area contributed by atoms with E-state index in [-0.39, 0.29) is 24.6 Å². The van der Waals surface area contributed by atoms with Crippen molar-refractivity contribution in [3.8, 4) is 5.75 Å². The van der Waals surface area contributed by atoms with Gasteiger partial charge < -0.3 is 25.3 Å². The Bertz CT molecular complexity index is 1260. The van der Waals surface area contributed by atoms with E-state index in [1.807, 2.05) is 0 Å². The Balaban J connectivity index is 2.10. The number of benzene rings is 2. The fourth-order valence-electron chi connectivity index (χ4n) is 3.19. The average Bonchev–Trinajstić information content (AvgIpc) is 2.88. The highest BCUT2D eigenvalue weighted by Crippen LogP contribution is 2.17. The van der Waals surface area contributed by atoms with Crippen molar-refractivity contribution in [2.45, 2.75) is 33.7 Å². The molecule has 1 atom stereocenters. The van der Waals surface area contributed by atoms with Crippen LogP contribution < -0.4 is 15.8 Å². The van der Waals surface area contributed by atoms with Crippen LogP contribution in [0, 0.1) is 12.3 Å². The maximum absolute atomic E-state index is 12.5. The SMILES string of the molecule is CCOC(=O)/C(C)=C/C(NC(=O)/C=C/c1ccc(C(=O)Oc2ccc(C(=N)N)cc2)cc1C)C(=O)OCC.